The second kappa shape index (κ2) is 28.6. The van der Waals surface area contributed by atoms with Crippen LogP contribution in [0.15, 0.2) is 279 Å². The molecule has 0 amide bonds. The Balaban J connectivity index is 0.00000452. The van der Waals surface area contributed by atoms with Crippen LogP contribution in [0.2, 0.25) is 0 Å². The molecule has 6 aromatic heterocycles. The van der Waals surface area contributed by atoms with Crippen molar-refractivity contribution in [2.75, 3.05) is 0 Å². The van der Waals surface area contributed by atoms with Crippen molar-refractivity contribution in [2.24, 2.45) is 0 Å². The molecule has 20 rings (SSSR count). The van der Waals surface area contributed by atoms with Crippen molar-refractivity contribution in [1.82, 2.24) is 39.9 Å². The van der Waals surface area contributed by atoms with Gasteiger partial charge in [0.05, 0.1) is 56.3 Å². The first-order valence-corrected chi connectivity index (χ1v) is 37.9. The Hall–Kier alpha value is -13.1. The third kappa shape index (κ3) is 12.4. The van der Waals surface area contributed by atoms with Gasteiger partial charge in [-0.1, -0.05) is 279 Å². The smallest absolute Gasteiger partial charge is 0.657 e. The average Bonchev–Trinajstić information content (AvgIpc) is 1.52. The number of carbonyl (C=O) groups excluding carboxylic acids is 2. The van der Waals surface area contributed by atoms with Crippen LogP contribution in [-0.4, -0.2) is 43.1 Å². The first-order valence-electron chi connectivity index (χ1n) is 37.9. The molecular weight excluding hydrogens is 1490 g/mol. The predicted molar refractivity (Wildman–Crippen MR) is 452 cm³/mol. The summed E-state index contributed by atoms with van der Waals surface area (Å²) in [5.74, 6) is -3.32. The molecule has 10 aromatic carbocycles. The van der Waals surface area contributed by atoms with Crippen LogP contribution in [0.4, 0.5) is 0 Å². The number of ether oxygens (including phenoxy) is 2. The minimum absolute atomic E-state index is 0. The van der Waals surface area contributed by atoms with Gasteiger partial charge in [0, 0.05) is 23.0 Å². The monoisotopic (exact) mass is 1560 g/mol. The van der Waals surface area contributed by atoms with Gasteiger partial charge in [-0.3, -0.25) is 9.97 Å². The maximum atomic E-state index is 16.8. The van der Waals surface area contributed by atoms with Gasteiger partial charge in [-0.2, -0.15) is 0 Å². The zero-order chi connectivity index (χ0) is 75.7. The zero-order valence-electron chi connectivity index (χ0n) is 62.9. The van der Waals surface area contributed by atoms with Crippen LogP contribution in [0.5, 0.6) is 0 Å². The van der Waals surface area contributed by atoms with Crippen LogP contribution in [0, 0.1) is 0 Å². The molecule has 16 bridgehead atoms. The molecule has 0 fully saturated rings. The number of aromatic nitrogens is 8. The molecule has 12 nitrogen and oxygen atoms in total. The fourth-order valence-corrected chi connectivity index (χ4v) is 17.1. The van der Waals surface area contributed by atoms with Crippen LogP contribution in [0.25, 0.3) is 179 Å². The van der Waals surface area contributed by atoms with Gasteiger partial charge < -0.3 is 29.4 Å². The van der Waals surface area contributed by atoms with Crippen LogP contribution >= 0.6 is 0 Å². The second-order valence-electron chi connectivity index (χ2n) is 30.8. The molecule has 0 saturated carbocycles. The Morgan fingerprint density at radius 1 is 0.281 bits per heavy atom. The number of fused-ring (bicyclic) bond motifs is 20. The molecule has 114 heavy (non-hydrogen) atoms. The molecule has 0 radical (unpaired) electrons. The maximum Gasteiger partial charge on any atom is 2.00 e. The predicted octanol–water partition coefficient (Wildman–Crippen LogP) is 23.3. The summed E-state index contributed by atoms with van der Waals surface area (Å²) < 4.78 is 13.7. The first kappa shape index (κ1) is 72.4. The van der Waals surface area contributed by atoms with Crippen molar-refractivity contribution >= 4 is 124 Å². The van der Waals surface area contributed by atoms with Crippen molar-refractivity contribution in [2.45, 2.75) is 64.6 Å². The van der Waals surface area contributed by atoms with Gasteiger partial charge in [0.25, 0.3) is 0 Å². The normalized spacial score (nSPS) is 13.7. The molecule has 2 unspecified atom stereocenters. The standard InChI is InChI=1S/C100H72N8O4.2Ni/c1-99(2,3)111-97(109)87-65-43-27-25-41-63(65)85-77-55-51-73(105-77)81(59-33-17-9-18-34-59)69-47-45-67(101-69)79(57-29-13-7-14-30-57)71-49-53-75(103-71)83(61-37-21-11-22-38-61)93-91(89(87)95(85)107-93)92-90-88(98(110)112-100(4,5)6)66-44-28-26-42-64(66)86-78-56-52-74(106-78)82(60-35-19-10-20-36-60)70-48-46-68(102-70)80(58-31-15-8-16-32-58)72-50-54-76(104-72)84(94(92)108-96(86)90)62-39-23-12-24-40-62;;/h7-56,91-92H,1-6H3,(H2-2,101,102,103,104,105,106,107,108,109,110);;/q-2;2*+2/p-2. The molecule has 4 aliphatic heterocycles. The minimum Gasteiger partial charge on any atom is -0.657 e. The average molecular weight is 1570 g/mol. The van der Waals surface area contributed by atoms with Crippen molar-refractivity contribution in [3.05, 3.63) is 335 Å². The summed E-state index contributed by atoms with van der Waals surface area (Å²) in [6, 6.07) is 94.3. The number of hydrogen-bond donors (Lipinski definition) is 0. The Kier molecular flexibility index (Phi) is 18.2. The van der Waals surface area contributed by atoms with E-state index in [1.54, 1.807) is 0 Å². The number of benzene rings is 10. The van der Waals surface area contributed by atoms with Crippen LogP contribution in [0.3, 0.4) is 0 Å². The van der Waals surface area contributed by atoms with Crippen LogP contribution in [0.1, 0.15) is 119 Å². The van der Waals surface area contributed by atoms with E-state index in [9.17, 15) is 0 Å². The van der Waals surface area contributed by atoms with Gasteiger partial charge in [0.1, 0.15) is 11.2 Å². The van der Waals surface area contributed by atoms with Crippen molar-refractivity contribution in [3.63, 3.8) is 0 Å². The summed E-state index contributed by atoms with van der Waals surface area (Å²) in [4.78, 5) is 80.9. The largest absolute Gasteiger partial charge is 2.00 e. The van der Waals surface area contributed by atoms with Gasteiger partial charge in [0.15, 0.2) is 0 Å². The van der Waals surface area contributed by atoms with Crippen molar-refractivity contribution < 1.29 is 52.0 Å². The molecule has 554 valence electrons. The van der Waals surface area contributed by atoms with E-state index in [4.69, 9.17) is 49.3 Å². The summed E-state index contributed by atoms with van der Waals surface area (Å²) in [6.45, 7) is 11.4. The SMILES string of the molecule is CC(C)(C)OC(=O)c1c2c3nc(c(-c4ccccc4)c4ccc([n-]4)c(-c4ccccc4)c4nc(c(-c5ccccc5)c5ccc([n-]5)c3c3ccccc13)C=C4)C2C1c2nc3c1c(C(=O)OC(C)(C)C)c1ccccc1c3c1ccc([n-]1)c(-c1ccccc1)c1nc(c(-c3ccccc3)c3ccc([n-]3)c2-c2ccccc2)C=C1.[Ni+2].[Ni+2]. The number of nitrogens with zero attached hydrogens (tertiary/aromatic N) is 8. The molecule has 0 aliphatic carbocycles. The molecule has 14 heteroatoms. The van der Waals surface area contributed by atoms with E-state index >= 15 is 9.59 Å². The Bertz CT molecular complexity index is 6640. The summed E-state index contributed by atoms with van der Waals surface area (Å²) >= 11 is 0. The molecule has 2 atom stereocenters. The molecule has 0 spiro atoms. The van der Waals surface area contributed by atoms with E-state index in [-0.39, 0.29) is 33.0 Å². The fraction of sp³-hybridized carbons (Fsp3) is 0.100. The summed E-state index contributed by atoms with van der Waals surface area (Å²) in [7, 11) is 0. The second-order valence-corrected chi connectivity index (χ2v) is 30.8. The van der Waals surface area contributed by atoms with E-state index < -0.39 is 35.0 Å². The fourth-order valence-electron chi connectivity index (χ4n) is 17.1. The maximum absolute atomic E-state index is 16.8. The van der Waals surface area contributed by atoms with E-state index in [1.165, 1.54) is 0 Å². The van der Waals surface area contributed by atoms with Gasteiger partial charge in [-0.15, -0.1) is 44.1 Å². The van der Waals surface area contributed by atoms with E-state index in [2.05, 4.69) is 158 Å². The van der Waals surface area contributed by atoms with Gasteiger partial charge in [-0.25, -0.2) is 19.6 Å². The molecule has 16 aromatic rings. The number of carbonyl (C=O) groups is 2. The summed E-state index contributed by atoms with van der Waals surface area (Å²) in [5.41, 5.74) is 19.5. The van der Waals surface area contributed by atoms with Gasteiger partial charge in [0.2, 0.25) is 0 Å². The summed E-state index contributed by atoms with van der Waals surface area (Å²) in [6.07, 6.45) is 8.31. The molecular formula is C100H70N8Ni2O4. The van der Waals surface area contributed by atoms with Crippen molar-refractivity contribution in [1.29, 1.82) is 0 Å². The first-order chi connectivity index (χ1) is 54.6. The third-order valence-electron chi connectivity index (χ3n) is 21.5. The van der Waals surface area contributed by atoms with Crippen molar-refractivity contribution in [3.8, 4) is 66.8 Å². The quantitative estimate of drug-likeness (QED) is 0.0995. The van der Waals surface area contributed by atoms with Crippen LogP contribution < -0.4 is 19.9 Å². The zero-order valence-corrected chi connectivity index (χ0v) is 64.8. The number of rotatable bonds is 9. The van der Waals surface area contributed by atoms with Gasteiger partial charge >= 0.3 is 44.9 Å². The summed E-state index contributed by atoms with van der Waals surface area (Å²) in [5, 5.41) is 4.01. The van der Waals surface area contributed by atoms with Gasteiger partial charge in [-0.05, 0) is 165 Å². The Labute approximate surface area is 677 Å². The Morgan fingerprint density at radius 3 is 0.781 bits per heavy atom. The number of esters is 2. The third-order valence-corrected chi connectivity index (χ3v) is 21.5. The molecule has 10 heterocycles. The minimum atomic E-state index is -1.09. The topological polar surface area (TPSA) is 161 Å². The van der Waals surface area contributed by atoms with Crippen LogP contribution in [-0.2, 0) is 42.5 Å². The molecule has 4 aliphatic rings. The number of hydrogen-bond acceptors (Lipinski definition) is 8. The Morgan fingerprint density at radius 2 is 0.509 bits per heavy atom. The van der Waals surface area contributed by atoms with E-state index in [0.717, 1.165) is 89.2 Å². The molecule has 0 saturated heterocycles. The van der Waals surface area contributed by atoms with E-state index in [1.807, 2.05) is 187 Å². The van der Waals surface area contributed by atoms with E-state index in [0.29, 0.717) is 121 Å². The molecule has 0 N–H and O–H groups in total.